The lowest BCUT2D eigenvalue weighted by Crippen LogP contribution is -2.38. The van der Waals surface area contributed by atoms with Crippen LogP contribution < -0.4 is 9.64 Å². The van der Waals surface area contributed by atoms with Gasteiger partial charge in [0.05, 0.1) is 23.9 Å². The first-order valence-corrected chi connectivity index (χ1v) is 7.14. The Morgan fingerprint density at radius 1 is 1.30 bits per heavy atom. The number of hydrogen-bond acceptors (Lipinski definition) is 4. The van der Waals surface area contributed by atoms with E-state index >= 15 is 0 Å². The van der Waals surface area contributed by atoms with Gasteiger partial charge >= 0.3 is 0 Å². The van der Waals surface area contributed by atoms with Crippen molar-refractivity contribution in [2.75, 3.05) is 11.5 Å². The number of nitrogens with zero attached hydrogens (tertiary/aromatic N) is 2. The minimum Gasteiger partial charge on any atom is -0.482 e. The molecule has 0 saturated carbocycles. The van der Waals surface area contributed by atoms with Gasteiger partial charge in [0, 0.05) is 5.56 Å². The maximum Gasteiger partial charge on any atom is 0.265 e. The van der Waals surface area contributed by atoms with Crippen molar-refractivity contribution in [3.63, 3.8) is 0 Å². The van der Waals surface area contributed by atoms with E-state index in [2.05, 4.69) is 6.07 Å². The zero-order chi connectivity index (χ0) is 16.4. The van der Waals surface area contributed by atoms with Crippen LogP contribution in [-0.4, -0.2) is 18.8 Å². The van der Waals surface area contributed by atoms with Crippen LogP contribution in [0.1, 0.15) is 27.0 Å². The summed E-state index contributed by atoms with van der Waals surface area (Å²) in [4.78, 5) is 24.8. The Balaban J connectivity index is 2.00. The summed E-state index contributed by atoms with van der Waals surface area (Å²) < 4.78 is 5.41. The average Bonchev–Trinajstić information content (AvgIpc) is 2.56. The predicted octanol–water partition coefficient (Wildman–Crippen LogP) is 2.60. The third-order valence-corrected chi connectivity index (χ3v) is 3.67. The van der Waals surface area contributed by atoms with E-state index in [1.54, 1.807) is 35.2 Å². The molecule has 0 fully saturated rings. The van der Waals surface area contributed by atoms with E-state index in [1.807, 2.05) is 13.0 Å². The summed E-state index contributed by atoms with van der Waals surface area (Å²) in [6, 6.07) is 12.6. The van der Waals surface area contributed by atoms with Crippen LogP contribution in [0.3, 0.4) is 0 Å². The van der Waals surface area contributed by atoms with Crippen LogP contribution in [-0.2, 0) is 11.3 Å². The first-order chi connectivity index (χ1) is 11.1. The fraction of sp³-hybridized carbons (Fsp3) is 0.167. The van der Waals surface area contributed by atoms with Crippen LogP contribution in [0.4, 0.5) is 5.69 Å². The minimum atomic E-state index is -0.180. The van der Waals surface area contributed by atoms with E-state index in [4.69, 9.17) is 10.00 Å². The summed E-state index contributed by atoms with van der Waals surface area (Å²) in [5.41, 5.74) is 3.43. The van der Waals surface area contributed by atoms with E-state index in [9.17, 15) is 9.59 Å². The molecule has 1 aliphatic rings. The number of aldehydes is 1. The average molecular weight is 306 g/mol. The second-order valence-corrected chi connectivity index (χ2v) is 5.43. The standard InChI is InChI=1S/C18H14N2O3/c1-12-4-14(8-19)6-15(5-12)9-20-16-7-13(10-21)2-3-17(16)23-11-18(20)22/h2-7,10H,9,11H2,1H3. The quantitative estimate of drug-likeness (QED) is 0.817. The number of carbonyl (C=O) groups excluding carboxylic acids is 2. The molecule has 0 aromatic heterocycles. The molecule has 1 aliphatic heterocycles. The van der Waals surface area contributed by atoms with Crippen molar-refractivity contribution in [3.05, 3.63) is 58.7 Å². The third kappa shape index (κ3) is 2.92. The van der Waals surface area contributed by atoms with Gasteiger partial charge in [-0.2, -0.15) is 5.26 Å². The number of anilines is 1. The molecular formula is C18H14N2O3. The van der Waals surface area contributed by atoms with Gasteiger partial charge in [-0.1, -0.05) is 6.07 Å². The fourth-order valence-electron chi connectivity index (χ4n) is 2.67. The number of hydrogen-bond donors (Lipinski definition) is 0. The highest BCUT2D eigenvalue weighted by Gasteiger charge is 2.26. The van der Waals surface area contributed by atoms with Gasteiger partial charge in [-0.15, -0.1) is 0 Å². The molecule has 23 heavy (non-hydrogen) atoms. The van der Waals surface area contributed by atoms with Crippen LogP contribution in [0.25, 0.3) is 0 Å². The Bertz CT molecular complexity index is 837. The summed E-state index contributed by atoms with van der Waals surface area (Å²) in [6.07, 6.45) is 0.734. The lowest BCUT2D eigenvalue weighted by molar-refractivity contribution is -0.121. The molecule has 1 amide bonds. The molecule has 114 valence electrons. The number of amides is 1. The van der Waals surface area contributed by atoms with Crippen molar-refractivity contribution < 1.29 is 14.3 Å². The molecule has 0 saturated heterocycles. The molecule has 3 rings (SSSR count). The smallest absolute Gasteiger partial charge is 0.265 e. The van der Waals surface area contributed by atoms with Crippen LogP contribution in [0, 0.1) is 18.3 Å². The first kappa shape index (κ1) is 14.8. The van der Waals surface area contributed by atoms with Crippen molar-refractivity contribution in [1.82, 2.24) is 0 Å². The van der Waals surface area contributed by atoms with E-state index in [0.717, 1.165) is 17.4 Å². The maximum absolute atomic E-state index is 12.2. The van der Waals surface area contributed by atoms with Crippen LogP contribution in [0.2, 0.25) is 0 Å². The number of ether oxygens (including phenoxy) is 1. The van der Waals surface area contributed by atoms with Crippen molar-refractivity contribution in [2.24, 2.45) is 0 Å². The number of rotatable bonds is 3. The summed E-state index contributed by atoms with van der Waals surface area (Å²) in [5, 5.41) is 9.08. The molecule has 2 aromatic rings. The molecule has 1 heterocycles. The van der Waals surface area contributed by atoms with E-state index < -0.39 is 0 Å². The fourth-order valence-corrected chi connectivity index (χ4v) is 2.67. The van der Waals surface area contributed by atoms with E-state index in [1.165, 1.54) is 0 Å². The largest absolute Gasteiger partial charge is 0.482 e. The molecule has 5 nitrogen and oxygen atoms in total. The second kappa shape index (κ2) is 5.93. The molecule has 2 aromatic carbocycles. The summed E-state index contributed by atoms with van der Waals surface area (Å²) in [6.45, 7) is 2.20. The number of fused-ring (bicyclic) bond motifs is 1. The lowest BCUT2D eigenvalue weighted by atomic mass is 10.1. The minimum absolute atomic E-state index is 0.0373. The number of nitriles is 1. The third-order valence-electron chi connectivity index (χ3n) is 3.67. The molecule has 0 N–H and O–H groups in total. The Hall–Kier alpha value is -3.13. The molecule has 0 bridgehead atoms. The molecule has 0 unspecified atom stereocenters. The molecule has 0 spiro atoms. The zero-order valence-corrected chi connectivity index (χ0v) is 12.6. The molecular weight excluding hydrogens is 292 g/mol. The number of carbonyl (C=O) groups is 2. The van der Waals surface area contributed by atoms with Gasteiger partial charge in [-0.05, 0) is 48.4 Å². The van der Waals surface area contributed by atoms with Crippen molar-refractivity contribution in [2.45, 2.75) is 13.5 Å². The topological polar surface area (TPSA) is 70.4 Å². The zero-order valence-electron chi connectivity index (χ0n) is 12.6. The van der Waals surface area contributed by atoms with E-state index in [0.29, 0.717) is 29.1 Å². The van der Waals surface area contributed by atoms with Gasteiger partial charge < -0.3 is 9.64 Å². The van der Waals surface area contributed by atoms with E-state index in [-0.39, 0.29) is 12.5 Å². The molecule has 0 atom stereocenters. The maximum atomic E-state index is 12.2. The highest BCUT2D eigenvalue weighted by Crippen LogP contribution is 2.33. The number of aryl methyl sites for hydroxylation is 1. The second-order valence-electron chi connectivity index (χ2n) is 5.43. The van der Waals surface area contributed by atoms with Crippen molar-refractivity contribution >= 4 is 17.9 Å². The Labute approximate surface area is 133 Å². The summed E-state index contributed by atoms with van der Waals surface area (Å²) in [5.74, 6) is 0.393. The van der Waals surface area contributed by atoms with Crippen molar-refractivity contribution in [3.8, 4) is 11.8 Å². The van der Waals surface area contributed by atoms with Gasteiger partial charge in [-0.3, -0.25) is 9.59 Å². The summed E-state index contributed by atoms with van der Waals surface area (Å²) in [7, 11) is 0. The highest BCUT2D eigenvalue weighted by molar-refractivity contribution is 5.98. The monoisotopic (exact) mass is 306 g/mol. The summed E-state index contributed by atoms with van der Waals surface area (Å²) >= 11 is 0. The van der Waals surface area contributed by atoms with Gasteiger partial charge in [0.2, 0.25) is 0 Å². The van der Waals surface area contributed by atoms with Gasteiger partial charge in [0.25, 0.3) is 5.91 Å². The Morgan fingerprint density at radius 3 is 2.87 bits per heavy atom. The van der Waals surface area contributed by atoms with Gasteiger partial charge in [0.15, 0.2) is 6.61 Å². The van der Waals surface area contributed by atoms with Crippen LogP contribution in [0.15, 0.2) is 36.4 Å². The Morgan fingerprint density at radius 2 is 2.13 bits per heavy atom. The number of benzene rings is 2. The molecule has 0 aliphatic carbocycles. The molecule has 5 heteroatoms. The normalized spacial score (nSPS) is 13.0. The van der Waals surface area contributed by atoms with Crippen LogP contribution in [0.5, 0.6) is 5.75 Å². The first-order valence-electron chi connectivity index (χ1n) is 7.14. The van der Waals surface area contributed by atoms with Gasteiger partial charge in [-0.25, -0.2) is 0 Å². The predicted molar refractivity (Wildman–Crippen MR) is 84.4 cm³/mol. The van der Waals surface area contributed by atoms with Crippen molar-refractivity contribution in [1.29, 1.82) is 5.26 Å². The lowest BCUT2D eigenvalue weighted by Gasteiger charge is -2.29. The highest BCUT2D eigenvalue weighted by atomic mass is 16.5. The Kier molecular flexibility index (Phi) is 3.82. The van der Waals surface area contributed by atoms with Gasteiger partial charge in [0.1, 0.15) is 12.0 Å². The molecule has 0 radical (unpaired) electrons. The van der Waals surface area contributed by atoms with Crippen LogP contribution >= 0.6 is 0 Å². The SMILES string of the molecule is Cc1cc(C#N)cc(CN2C(=O)COc3ccc(C=O)cc32)c1.